The Labute approximate surface area is 137 Å². The maximum absolute atomic E-state index is 12.2. The largest absolute Gasteiger partial charge is 0.351 e. The van der Waals surface area contributed by atoms with Gasteiger partial charge >= 0.3 is 0 Å². The molecular formula is C16H15N3OS2. The average Bonchev–Trinajstić information content (AvgIpc) is 3.03. The molecule has 0 spiro atoms. The van der Waals surface area contributed by atoms with E-state index in [2.05, 4.69) is 15.3 Å². The summed E-state index contributed by atoms with van der Waals surface area (Å²) >= 11 is 3.04. The maximum Gasteiger partial charge on any atom is 0.233 e. The first-order chi connectivity index (χ1) is 10.7. The highest BCUT2D eigenvalue weighted by Gasteiger charge is 2.16. The fourth-order valence-corrected chi connectivity index (χ4v) is 3.73. The molecule has 3 aromatic rings. The van der Waals surface area contributed by atoms with Gasteiger partial charge in [-0.05, 0) is 23.9 Å². The van der Waals surface area contributed by atoms with Gasteiger partial charge in [0.15, 0.2) is 0 Å². The Morgan fingerprint density at radius 1 is 1.27 bits per heavy atom. The molecule has 6 heteroatoms. The van der Waals surface area contributed by atoms with Crippen LogP contribution in [0.15, 0.2) is 53.1 Å². The first kappa shape index (κ1) is 15.0. The molecule has 2 aromatic heterocycles. The van der Waals surface area contributed by atoms with Gasteiger partial charge < -0.3 is 5.32 Å². The van der Waals surface area contributed by atoms with E-state index >= 15 is 0 Å². The average molecular weight is 329 g/mol. The SMILES string of the molecule is CC(Sc1ncnc2sccc12)C(=O)NCc1ccccc1. The van der Waals surface area contributed by atoms with Crippen LogP contribution in [-0.4, -0.2) is 21.1 Å². The van der Waals surface area contributed by atoms with Crippen molar-refractivity contribution in [2.45, 2.75) is 23.7 Å². The van der Waals surface area contributed by atoms with Crippen LogP contribution in [0.4, 0.5) is 0 Å². The zero-order valence-corrected chi connectivity index (χ0v) is 13.7. The maximum atomic E-state index is 12.2. The van der Waals surface area contributed by atoms with Crippen molar-refractivity contribution in [1.82, 2.24) is 15.3 Å². The number of carbonyl (C=O) groups excluding carboxylic acids is 1. The van der Waals surface area contributed by atoms with Gasteiger partial charge in [-0.15, -0.1) is 11.3 Å². The minimum Gasteiger partial charge on any atom is -0.351 e. The molecule has 22 heavy (non-hydrogen) atoms. The van der Waals surface area contributed by atoms with Crippen LogP contribution in [0, 0.1) is 0 Å². The third kappa shape index (κ3) is 3.45. The Bertz CT molecular complexity index is 773. The summed E-state index contributed by atoms with van der Waals surface area (Å²) in [6, 6.07) is 11.9. The predicted octanol–water partition coefficient (Wildman–Crippen LogP) is 3.49. The number of thiophene rings is 1. The third-order valence-electron chi connectivity index (χ3n) is 3.19. The highest BCUT2D eigenvalue weighted by atomic mass is 32.2. The molecular weight excluding hydrogens is 314 g/mol. The lowest BCUT2D eigenvalue weighted by Crippen LogP contribution is -2.30. The molecule has 0 aliphatic rings. The minimum absolute atomic E-state index is 0.0100. The zero-order valence-electron chi connectivity index (χ0n) is 12.0. The Balaban J connectivity index is 1.63. The second-order valence-corrected chi connectivity index (χ2v) is 7.01. The number of thioether (sulfide) groups is 1. The highest BCUT2D eigenvalue weighted by Crippen LogP contribution is 2.30. The van der Waals surface area contributed by atoms with E-state index in [1.54, 1.807) is 17.7 Å². The van der Waals surface area contributed by atoms with E-state index in [0.29, 0.717) is 6.54 Å². The summed E-state index contributed by atoms with van der Waals surface area (Å²) in [4.78, 5) is 21.7. The van der Waals surface area contributed by atoms with Gasteiger partial charge in [0.05, 0.1) is 5.25 Å². The number of fused-ring (bicyclic) bond motifs is 1. The molecule has 1 atom stereocenters. The van der Waals surface area contributed by atoms with Crippen LogP contribution in [-0.2, 0) is 11.3 Å². The topological polar surface area (TPSA) is 54.9 Å². The molecule has 4 nitrogen and oxygen atoms in total. The minimum atomic E-state index is -0.207. The van der Waals surface area contributed by atoms with Gasteiger partial charge in [0.1, 0.15) is 16.2 Å². The van der Waals surface area contributed by atoms with Gasteiger partial charge in [-0.2, -0.15) is 0 Å². The van der Waals surface area contributed by atoms with E-state index in [9.17, 15) is 4.79 Å². The molecule has 0 bridgehead atoms. The molecule has 3 rings (SSSR count). The van der Waals surface area contributed by atoms with Crippen molar-refractivity contribution in [2.75, 3.05) is 0 Å². The van der Waals surface area contributed by atoms with Gasteiger partial charge in [-0.25, -0.2) is 9.97 Å². The lowest BCUT2D eigenvalue weighted by Gasteiger charge is -2.12. The number of hydrogen-bond acceptors (Lipinski definition) is 5. The van der Waals surface area contributed by atoms with Crippen LogP contribution in [0.2, 0.25) is 0 Å². The summed E-state index contributed by atoms with van der Waals surface area (Å²) in [7, 11) is 0. The summed E-state index contributed by atoms with van der Waals surface area (Å²) < 4.78 is 0. The predicted molar refractivity (Wildman–Crippen MR) is 91.0 cm³/mol. The monoisotopic (exact) mass is 329 g/mol. The lowest BCUT2D eigenvalue weighted by molar-refractivity contribution is -0.120. The zero-order chi connectivity index (χ0) is 15.4. The standard InChI is InChI=1S/C16H15N3OS2/c1-11(14(20)17-9-12-5-3-2-4-6-12)22-16-13-7-8-21-15(13)18-10-19-16/h2-8,10-11H,9H2,1H3,(H,17,20). The Kier molecular flexibility index (Phi) is 4.70. The molecule has 0 aliphatic heterocycles. The van der Waals surface area contributed by atoms with Crippen molar-refractivity contribution < 1.29 is 4.79 Å². The Morgan fingerprint density at radius 2 is 2.09 bits per heavy atom. The van der Waals surface area contributed by atoms with E-state index in [0.717, 1.165) is 20.8 Å². The van der Waals surface area contributed by atoms with Crippen molar-refractivity contribution in [1.29, 1.82) is 0 Å². The van der Waals surface area contributed by atoms with Gasteiger partial charge in [0.25, 0.3) is 0 Å². The number of rotatable bonds is 5. The van der Waals surface area contributed by atoms with Gasteiger partial charge in [0, 0.05) is 11.9 Å². The fraction of sp³-hybridized carbons (Fsp3) is 0.188. The molecule has 0 saturated heterocycles. The van der Waals surface area contributed by atoms with E-state index in [4.69, 9.17) is 0 Å². The van der Waals surface area contributed by atoms with Crippen LogP contribution < -0.4 is 5.32 Å². The normalized spacial score (nSPS) is 12.2. The summed E-state index contributed by atoms with van der Waals surface area (Å²) in [5, 5.41) is 6.61. The van der Waals surface area contributed by atoms with E-state index in [-0.39, 0.29) is 11.2 Å². The summed E-state index contributed by atoms with van der Waals surface area (Å²) in [5.74, 6) is 0.0100. The van der Waals surface area contributed by atoms with Crippen LogP contribution >= 0.6 is 23.1 Å². The quantitative estimate of drug-likeness (QED) is 0.575. The molecule has 112 valence electrons. The number of carbonyl (C=O) groups is 1. The molecule has 2 heterocycles. The van der Waals surface area contributed by atoms with Gasteiger partial charge in [-0.3, -0.25) is 4.79 Å². The summed E-state index contributed by atoms with van der Waals surface area (Å²) in [6.45, 7) is 2.44. The summed E-state index contributed by atoms with van der Waals surface area (Å²) in [5.41, 5.74) is 1.09. The van der Waals surface area contributed by atoms with Crippen molar-refractivity contribution in [3.8, 4) is 0 Å². The molecule has 0 aliphatic carbocycles. The molecule has 1 unspecified atom stereocenters. The van der Waals surface area contributed by atoms with Crippen molar-refractivity contribution >= 4 is 39.2 Å². The Morgan fingerprint density at radius 3 is 2.91 bits per heavy atom. The first-order valence-corrected chi connectivity index (χ1v) is 8.66. The van der Waals surface area contributed by atoms with Gasteiger partial charge in [0.2, 0.25) is 5.91 Å². The molecule has 1 N–H and O–H groups in total. The van der Waals surface area contributed by atoms with E-state index in [1.807, 2.05) is 48.7 Å². The fourth-order valence-electron chi connectivity index (χ4n) is 2.01. The number of nitrogens with one attached hydrogen (secondary N) is 1. The third-order valence-corrected chi connectivity index (χ3v) is 5.13. The van der Waals surface area contributed by atoms with Gasteiger partial charge in [-0.1, -0.05) is 42.1 Å². The van der Waals surface area contributed by atoms with E-state index in [1.165, 1.54) is 11.8 Å². The molecule has 0 saturated carbocycles. The van der Waals surface area contributed by atoms with Crippen molar-refractivity contribution in [2.24, 2.45) is 0 Å². The Hall–Kier alpha value is -1.92. The van der Waals surface area contributed by atoms with E-state index < -0.39 is 0 Å². The second-order valence-electron chi connectivity index (χ2n) is 4.78. The van der Waals surface area contributed by atoms with Crippen LogP contribution in [0.25, 0.3) is 10.2 Å². The van der Waals surface area contributed by atoms with Crippen LogP contribution in [0.1, 0.15) is 12.5 Å². The van der Waals surface area contributed by atoms with Crippen molar-refractivity contribution in [3.63, 3.8) is 0 Å². The molecule has 0 radical (unpaired) electrons. The first-order valence-electron chi connectivity index (χ1n) is 6.90. The summed E-state index contributed by atoms with van der Waals surface area (Å²) in [6.07, 6.45) is 1.55. The molecule has 0 fully saturated rings. The molecule has 1 aromatic carbocycles. The number of hydrogen-bond donors (Lipinski definition) is 1. The number of nitrogens with zero attached hydrogens (tertiary/aromatic N) is 2. The smallest absolute Gasteiger partial charge is 0.233 e. The number of amides is 1. The van der Waals surface area contributed by atoms with Crippen LogP contribution in [0.3, 0.4) is 0 Å². The van der Waals surface area contributed by atoms with Crippen molar-refractivity contribution in [3.05, 3.63) is 53.7 Å². The van der Waals surface area contributed by atoms with Crippen LogP contribution in [0.5, 0.6) is 0 Å². The highest BCUT2D eigenvalue weighted by molar-refractivity contribution is 8.00. The number of aromatic nitrogens is 2. The molecule has 1 amide bonds. The number of benzene rings is 1. The lowest BCUT2D eigenvalue weighted by atomic mass is 10.2. The second kappa shape index (κ2) is 6.89.